The number of hydrogen-bond donors (Lipinski definition) is 1. The summed E-state index contributed by atoms with van der Waals surface area (Å²) in [6, 6.07) is 5.37. The molecule has 1 atom stereocenters. The van der Waals surface area contributed by atoms with Crippen molar-refractivity contribution in [2.75, 3.05) is 32.1 Å². The molecule has 0 aromatic heterocycles. The summed E-state index contributed by atoms with van der Waals surface area (Å²) in [4.78, 5) is 0.400. The number of nitrogens with one attached hydrogen (secondary N) is 1. The second-order valence-electron chi connectivity index (χ2n) is 5.36. The summed E-state index contributed by atoms with van der Waals surface area (Å²) in [6.45, 7) is 1.92. The Labute approximate surface area is 120 Å². The second kappa shape index (κ2) is 5.35. The smallest absolute Gasteiger partial charge is 0.243 e. The number of benzene rings is 1. The van der Waals surface area contributed by atoms with E-state index in [-0.39, 0.29) is 6.10 Å². The fourth-order valence-electron chi connectivity index (χ4n) is 2.91. The molecule has 0 radical (unpaired) electrons. The van der Waals surface area contributed by atoms with E-state index in [0.29, 0.717) is 18.0 Å². The van der Waals surface area contributed by atoms with E-state index in [4.69, 9.17) is 4.74 Å². The molecule has 2 aliphatic heterocycles. The van der Waals surface area contributed by atoms with Gasteiger partial charge in [0, 0.05) is 32.4 Å². The van der Waals surface area contributed by atoms with Gasteiger partial charge in [0.15, 0.2) is 0 Å². The fourth-order valence-corrected chi connectivity index (χ4v) is 4.47. The van der Waals surface area contributed by atoms with Gasteiger partial charge in [0.25, 0.3) is 0 Å². The normalized spacial score (nSPS) is 23.4. The number of sulfonamides is 1. The summed E-state index contributed by atoms with van der Waals surface area (Å²) >= 11 is 0. The van der Waals surface area contributed by atoms with Crippen molar-refractivity contribution in [2.45, 2.75) is 30.3 Å². The third-order valence-corrected chi connectivity index (χ3v) is 5.96. The van der Waals surface area contributed by atoms with Crippen LogP contribution in [-0.4, -0.2) is 45.6 Å². The molecule has 0 bridgehead atoms. The summed E-state index contributed by atoms with van der Waals surface area (Å²) in [5, 5.41) is 3.25. The first-order valence-electron chi connectivity index (χ1n) is 7.01. The number of fused-ring (bicyclic) bond motifs is 1. The standard InChI is InChI=1S/C14H20N2O3S/c1-19-12-3-2-8-16(10-12)20(17,18)13-4-5-14-11(9-13)6-7-15-14/h4-5,9,12,15H,2-3,6-8,10H2,1H3. The monoisotopic (exact) mass is 296 g/mol. The van der Waals surface area contributed by atoms with Crippen LogP contribution in [0.4, 0.5) is 5.69 Å². The van der Waals surface area contributed by atoms with Gasteiger partial charge in [-0.05, 0) is 43.0 Å². The lowest BCUT2D eigenvalue weighted by Crippen LogP contribution is -2.42. The zero-order valence-corrected chi connectivity index (χ0v) is 12.4. The highest BCUT2D eigenvalue weighted by Gasteiger charge is 2.30. The molecule has 1 N–H and O–H groups in total. The Morgan fingerprint density at radius 3 is 3.05 bits per heavy atom. The van der Waals surface area contributed by atoms with Gasteiger partial charge in [-0.2, -0.15) is 4.31 Å². The largest absolute Gasteiger partial charge is 0.384 e. The van der Waals surface area contributed by atoms with Crippen LogP contribution in [-0.2, 0) is 21.2 Å². The highest BCUT2D eigenvalue weighted by atomic mass is 32.2. The lowest BCUT2D eigenvalue weighted by molar-refractivity contribution is 0.0572. The van der Waals surface area contributed by atoms with E-state index in [1.165, 1.54) is 0 Å². The van der Waals surface area contributed by atoms with Crippen molar-refractivity contribution in [1.82, 2.24) is 4.31 Å². The minimum absolute atomic E-state index is 0.00891. The van der Waals surface area contributed by atoms with Crippen LogP contribution in [0.2, 0.25) is 0 Å². The molecule has 5 nitrogen and oxygen atoms in total. The van der Waals surface area contributed by atoms with Crippen LogP contribution >= 0.6 is 0 Å². The van der Waals surface area contributed by atoms with Gasteiger partial charge in [-0.1, -0.05) is 0 Å². The second-order valence-corrected chi connectivity index (χ2v) is 7.30. The minimum atomic E-state index is -3.40. The molecule has 1 fully saturated rings. The maximum atomic E-state index is 12.7. The Morgan fingerprint density at radius 2 is 2.25 bits per heavy atom. The topological polar surface area (TPSA) is 58.6 Å². The summed E-state index contributed by atoms with van der Waals surface area (Å²) in [5.74, 6) is 0. The Bertz CT molecular complexity index is 600. The average molecular weight is 296 g/mol. The fraction of sp³-hybridized carbons (Fsp3) is 0.571. The molecule has 0 amide bonds. The van der Waals surface area contributed by atoms with Crippen molar-refractivity contribution in [2.24, 2.45) is 0 Å². The van der Waals surface area contributed by atoms with E-state index in [2.05, 4.69) is 5.32 Å². The first-order chi connectivity index (χ1) is 9.61. The average Bonchev–Trinajstić information content (AvgIpc) is 2.94. The molecule has 0 aliphatic carbocycles. The molecule has 3 rings (SSSR count). The number of anilines is 1. The molecule has 0 saturated carbocycles. The van der Waals surface area contributed by atoms with Crippen molar-refractivity contribution in [3.05, 3.63) is 23.8 Å². The van der Waals surface area contributed by atoms with Crippen LogP contribution in [0.25, 0.3) is 0 Å². The third-order valence-electron chi connectivity index (χ3n) is 4.10. The minimum Gasteiger partial charge on any atom is -0.384 e. The first kappa shape index (κ1) is 13.9. The molecule has 110 valence electrons. The maximum absolute atomic E-state index is 12.7. The number of piperidine rings is 1. The van der Waals surface area contributed by atoms with Gasteiger partial charge >= 0.3 is 0 Å². The summed E-state index contributed by atoms with van der Waals surface area (Å²) in [5.41, 5.74) is 2.14. The van der Waals surface area contributed by atoms with Crippen molar-refractivity contribution < 1.29 is 13.2 Å². The molecule has 1 aromatic carbocycles. The number of ether oxygens (including phenoxy) is 1. The van der Waals surface area contributed by atoms with Crippen LogP contribution < -0.4 is 5.32 Å². The van der Waals surface area contributed by atoms with E-state index in [1.54, 1.807) is 23.5 Å². The molecule has 2 aliphatic rings. The Morgan fingerprint density at radius 1 is 1.40 bits per heavy atom. The van der Waals surface area contributed by atoms with E-state index in [0.717, 1.165) is 37.1 Å². The van der Waals surface area contributed by atoms with Gasteiger partial charge in [-0.3, -0.25) is 0 Å². The van der Waals surface area contributed by atoms with Crippen LogP contribution in [0.5, 0.6) is 0 Å². The molecule has 1 aromatic rings. The first-order valence-corrected chi connectivity index (χ1v) is 8.45. The van der Waals surface area contributed by atoms with E-state index in [9.17, 15) is 8.42 Å². The van der Waals surface area contributed by atoms with Gasteiger partial charge in [0.2, 0.25) is 10.0 Å². The summed E-state index contributed by atoms with van der Waals surface area (Å²) in [6.07, 6.45) is 2.68. The maximum Gasteiger partial charge on any atom is 0.243 e. The van der Waals surface area contributed by atoms with Crippen molar-refractivity contribution >= 4 is 15.7 Å². The van der Waals surface area contributed by atoms with Crippen molar-refractivity contribution in [1.29, 1.82) is 0 Å². The molecule has 6 heteroatoms. The molecule has 20 heavy (non-hydrogen) atoms. The lowest BCUT2D eigenvalue weighted by atomic mass is 10.1. The van der Waals surface area contributed by atoms with Gasteiger partial charge in [0.05, 0.1) is 11.0 Å². The van der Waals surface area contributed by atoms with Crippen LogP contribution in [0, 0.1) is 0 Å². The zero-order valence-electron chi connectivity index (χ0n) is 11.6. The van der Waals surface area contributed by atoms with Gasteiger partial charge in [-0.25, -0.2) is 8.42 Å². The molecular weight excluding hydrogens is 276 g/mol. The predicted molar refractivity (Wildman–Crippen MR) is 77.4 cm³/mol. The van der Waals surface area contributed by atoms with Gasteiger partial charge < -0.3 is 10.1 Å². The third kappa shape index (κ3) is 2.43. The predicted octanol–water partition coefficient (Wildman–Crippen LogP) is 1.45. The Hall–Kier alpha value is -1.11. The van der Waals surface area contributed by atoms with Crippen molar-refractivity contribution in [3.63, 3.8) is 0 Å². The molecule has 1 saturated heterocycles. The lowest BCUT2D eigenvalue weighted by Gasteiger charge is -2.31. The SMILES string of the molecule is COC1CCCN(S(=O)(=O)c2ccc3c(c2)CCN3)C1. The number of hydrogen-bond acceptors (Lipinski definition) is 4. The van der Waals surface area contributed by atoms with Gasteiger partial charge in [0.1, 0.15) is 0 Å². The summed E-state index contributed by atoms with van der Waals surface area (Å²) < 4.78 is 32.3. The zero-order chi connectivity index (χ0) is 14.2. The molecule has 2 heterocycles. The van der Waals surface area contributed by atoms with Crippen LogP contribution in [0.15, 0.2) is 23.1 Å². The van der Waals surface area contributed by atoms with Gasteiger partial charge in [-0.15, -0.1) is 0 Å². The number of rotatable bonds is 3. The Balaban J connectivity index is 1.87. The van der Waals surface area contributed by atoms with E-state index in [1.807, 2.05) is 6.07 Å². The quantitative estimate of drug-likeness (QED) is 0.917. The highest BCUT2D eigenvalue weighted by Crippen LogP contribution is 2.28. The van der Waals surface area contributed by atoms with Crippen LogP contribution in [0.1, 0.15) is 18.4 Å². The highest BCUT2D eigenvalue weighted by molar-refractivity contribution is 7.89. The van der Waals surface area contributed by atoms with Crippen molar-refractivity contribution in [3.8, 4) is 0 Å². The number of nitrogens with zero attached hydrogens (tertiary/aromatic N) is 1. The molecular formula is C14H20N2O3S. The molecule has 0 spiro atoms. The number of methoxy groups -OCH3 is 1. The van der Waals surface area contributed by atoms with Crippen LogP contribution in [0.3, 0.4) is 0 Å². The Kier molecular flexibility index (Phi) is 3.70. The molecule has 1 unspecified atom stereocenters. The summed E-state index contributed by atoms with van der Waals surface area (Å²) in [7, 11) is -1.76. The van der Waals surface area contributed by atoms with E-state index < -0.39 is 10.0 Å². The van der Waals surface area contributed by atoms with E-state index >= 15 is 0 Å².